The van der Waals surface area contributed by atoms with E-state index in [1.54, 1.807) is 24.7 Å². The van der Waals surface area contributed by atoms with Gasteiger partial charge in [-0.2, -0.15) is 0 Å². The average Bonchev–Trinajstić information content (AvgIpc) is 2.93. The molecule has 0 bridgehead atoms. The Balaban J connectivity index is 2.21. The summed E-state index contributed by atoms with van der Waals surface area (Å²) >= 11 is 5.96. The Kier molecular flexibility index (Phi) is 2.82. The molecule has 0 aliphatic carbocycles. The van der Waals surface area contributed by atoms with Gasteiger partial charge in [0.05, 0.1) is 6.26 Å². The van der Waals surface area contributed by atoms with E-state index in [2.05, 4.69) is 9.97 Å². The highest BCUT2D eigenvalue weighted by atomic mass is 35.5. The molecule has 0 saturated heterocycles. The second-order valence-corrected chi connectivity index (χ2v) is 4.13. The summed E-state index contributed by atoms with van der Waals surface area (Å²) in [5.74, 6) is 0.698. The van der Waals surface area contributed by atoms with Crippen molar-refractivity contribution in [3.63, 3.8) is 0 Å². The van der Waals surface area contributed by atoms with Gasteiger partial charge in [0.25, 0.3) is 0 Å². The van der Waals surface area contributed by atoms with Gasteiger partial charge < -0.3 is 4.42 Å². The molecule has 88 valence electrons. The van der Waals surface area contributed by atoms with Crippen molar-refractivity contribution < 1.29 is 4.42 Å². The smallest absolute Gasteiger partial charge is 0.152 e. The third kappa shape index (κ3) is 2.00. The zero-order chi connectivity index (χ0) is 12.4. The molecule has 0 N–H and O–H groups in total. The predicted molar refractivity (Wildman–Crippen MR) is 70.2 cm³/mol. The third-order valence-corrected chi connectivity index (χ3v) is 2.82. The SMILES string of the molecule is Clc1ccc(-c2ccncc2)c(-c2ccco2)n1. The topological polar surface area (TPSA) is 38.9 Å². The fraction of sp³-hybridized carbons (Fsp3) is 0. The summed E-state index contributed by atoms with van der Waals surface area (Å²) in [5, 5.41) is 0.444. The summed E-state index contributed by atoms with van der Waals surface area (Å²) in [6.45, 7) is 0. The fourth-order valence-corrected chi connectivity index (χ4v) is 1.95. The lowest BCUT2D eigenvalue weighted by Crippen LogP contribution is -1.88. The van der Waals surface area contributed by atoms with Crippen molar-refractivity contribution in [3.05, 3.63) is 60.2 Å². The minimum atomic E-state index is 0.444. The lowest BCUT2D eigenvalue weighted by Gasteiger charge is -2.06. The molecule has 3 rings (SSSR count). The Morgan fingerprint density at radius 1 is 1.00 bits per heavy atom. The highest BCUT2D eigenvalue weighted by Gasteiger charge is 2.11. The third-order valence-electron chi connectivity index (χ3n) is 2.61. The van der Waals surface area contributed by atoms with Crippen LogP contribution in [-0.4, -0.2) is 9.97 Å². The minimum Gasteiger partial charge on any atom is -0.463 e. The van der Waals surface area contributed by atoms with Crippen LogP contribution in [0.5, 0.6) is 0 Å². The molecule has 0 radical (unpaired) electrons. The lowest BCUT2D eigenvalue weighted by atomic mass is 10.0. The molecule has 0 aliphatic heterocycles. The number of rotatable bonds is 2. The molecule has 18 heavy (non-hydrogen) atoms. The van der Waals surface area contributed by atoms with Crippen LogP contribution in [0.1, 0.15) is 0 Å². The monoisotopic (exact) mass is 256 g/mol. The zero-order valence-corrected chi connectivity index (χ0v) is 10.1. The maximum absolute atomic E-state index is 5.96. The lowest BCUT2D eigenvalue weighted by molar-refractivity contribution is 0.580. The van der Waals surface area contributed by atoms with E-state index < -0.39 is 0 Å². The molecule has 3 nitrogen and oxygen atoms in total. The average molecular weight is 257 g/mol. The minimum absolute atomic E-state index is 0.444. The molecule has 0 aromatic carbocycles. The molecule has 3 aromatic rings. The van der Waals surface area contributed by atoms with Gasteiger partial charge in [-0.05, 0) is 42.0 Å². The normalized spacial score (nSPS) is 10.5. The van der Waals surface area contributed by atoms with Gasteiger partial charge in [0.15, 0.2) is 5.76 Å². The van der Waals surface area contributed by atoms with Crippen molar-refractivity contribution in [1.29, 1.82) is 0 Å². The van der Waals surface area contributed by atoms with E-state index in [-0.39, 0.29) is 0 Å². The summed E-state index contributed by atoms with van der Waals surface area (Å²) in [6.07, 6.45) is 5.11. The molecule has 0 atom stereocenters. The van der Waals surface area contributed by atoms with Crippen LogP contribution in [0, 0.1) is 0 Å². The summed E-state index contributed by atoms with van der Waals surface area (Å²) < 4.78 is 5.40. The summed E-state index contributed by atoms with van der Waals surface area (Å²) in [5.41, 5.74) is 2.73. The molecular weight excluding hydrogens is 248 g/mol. The molecule has 3 heterocycles. The van der Waals surface area contributed by atoms with Crippen LogP contribution in [0.2, 0.25) is 5.15 Å². The Bertz CT molecular complexity index is 651. The van der Waals surface area contributed by atoms with Gasteiger partial charge in [-0.25, -0.2) is 4.98 Å². The van der Waals surface area contributed by atoms with Gasteiger partial charge in [0, 0.05) is 18.0 Å². The highest BCUT2D eigenvalue weighted by molar-refractivity contribution is 6.29. The van der Waals surface area contributed by atoms with Gasteiger partial charge in [0.2, 0.25) is 0 Å². The number of nitrogens with zero attached hydrogens (tertiary/aromatic N) is 2. The second-order valence-electron chi connectivity index (χ2n) is 3.74. The first-order valence-electron chi connectivity index (χ1n) is 5.45. The number of pyridine rings is 2. The van der Waals surface area contributed by atoms with Crippen molar-refractivity contribution in [1.82, 2.24) is 9.97 Å². The molecular formula is C14H9ClN2O. The van der Waals surface area contributed by atoms with Gasteiger partial charge in [-0.15, -0.1) is 0 Å². The molecule has 0 fully saturated rings. The number of halogens is 1. The maximum Gasteiger partial charge on any atom is 0.152 e. The van der Waals surface area contributed by atoms with Crippen molar-refractivity contribution in [2.75, 3.05) is 0 Å². The first-order chi connectivity index (χ1) is 8.84. The number of furan rings is 1. The van der Waals surface area contributed by atoms with E-state index in [1.807, 2.05) is 30.3 Å². The van der Waals surface area contributed by atoms with Crippen LogP contribution in [0.15, 0.2) is 59.5 Å². The van der Waals surface area contributed by atoms with E-state index >= 15 is 0 Å². The number of aromatic nitrogens is 2. The van der Waals surface area contributed by atoms with Gasteiger partial charge in [-0.3, -0.25) is 4.98 Å². The Labute approximate surface area is 109 Å². The van der Waals surface area contributed by atoms with E-state index in [4.69, 9.17) is 16.0 Å². The van der Waals surface area contributed by atoms with E-state index in [0.29, 0.717) is 10.9 Å². The summed E-state index contributed by atoms with van der Waals surface area (Å²) in [4.78, 5) is 8.35. The van der Waals surface area contributed by atoms with Crippen LogP contribution in [0.25, 0.3) is 22.6 Å². The largest absolute Gasteiger partial charge is 0.463 e. The number of hydrogen-bond acceptors (Lipinski definition) is 3. The van der Waals surface area contributed by atoms with Gasteiger partial charge in [0.1, 0.15) is 10.8 Å². The van der Waals surface area contributed by atoms with E-state index in [1.165, 1.54) is 0 Å². The standard InChI is InChI=1S/C14H9ClN2O/c15-13-4-3-11(10-5-7-16-8-6-10)14(17-13)12-2-1-9-18-12/h1-9H. The van der Waals surface area contributed by atoms with Crippen LogP contribution in [0.4, 0.5) is 0 Å². The molecule has 4 heteroatoms. The Morgan fingerprint density at radius 3 is 2.56 bits per heavy atom. The van der Waals surface area contributed by atoms with Crippen molar-refractivity contribution >= 4 is 11.6 Å². The highest BCUT2D eigenvalue weighted by Crippen LogP contribution is 2.31. The second kappa shape index (κ2) is 4.63. The van der Waals surface area contributed by atoms with Gasteiger partial charge in [-0.1, -0.05) is 11.6 Å². The summed E-state index contributed by atoms with van der Waals surface area (Å²) in [7, 11) is 0. The quantitative estimate of drug-likeness (QED) is 0.649. The van der Waals surface area contributed by atoms with E-state index in [0.717, 1.165) is 16.8 Å². The van der Waals surface area contributed by atoms with Crippen molar-refractivity contribution in [2.45, 2.75) is 0 Å². The molecule has 0 spiro atoms. The van der Waals surface area contributed by atoms with Crippen LogP contribution < -0.4 is 0 Å². The van der Waals surface area contributed by atoms with Crippen LogP contribution in [-0.2, 0) is 0 Å². The Hall–Kier alpha value is -2.13. The summed E-state index contributed by atoms with van der Waals surface area (Å²) in [6, 6.07) is 11.2. The maximum atomic E-state index is 5.96. The molecule has 3 aromatic heterocycles. The molecule has 0 amide bonds. The first kappa shape index (κ1) is 11.0. The fourth-order valence-electron chi connectivity index (χ4n) is 1.80. The van der Waals surface area contributed by atoms with Crippen molar-refractivity contribution in [3.8, 4) is 22.6 Å². The van der Waals surface area contributed by atoms with Crippen LogP contribution in [0.3, 0.4) is 0 Å². The number of hydrogen-bond donors (Lipinski definition) is 0. The first-order valence-corrected chi connectivity index (χ1v) is 5.83. The zero-order valence-electron chi connectivity index (χ0n) is 9.38. The molecule has 0 unspecified atom stereocenters. The predicted octanol–water partition coefficient (Wildman–Crippen LogP) is 4.06. The molecule has 0 aliphatic rings. The van der Waals surface area contributed by atoms with E-state index in [9.17, 15) is 0 Å². The van der Waals surface area contributed by atoms with Crippen LogP contribution >= 0.6 is 11.6 Å². The Morgan fingerprint density at radius 2 is 1.83 bits per heavy atom. The van der Waals surface area contributed by atoms with Gasteiger partial charge >= 0.3 is 0 Å². The van der Waals surface area contributed by atoms with Crippen molar-refractivity contribution in [2.24, 2.45) is 0 Å². The molecule has 0 saturated carbocycles.